The van der Waals surface area contributed by atoms with Gasteiger partial charge < -0.3 is 10.1 Å². The largest absolute Gasteiger partial charge is 0.481 e. The second-order valence-corrected chi connectivity index (χ2v) is 11.7. The molecule has 9 heteroatoms. The highest BCUT2D eigenvalue weighted by atomic mass is 32.2. The highest BCUT2D eigenvalue weighted by molar-refractivity contribution is 7.89. The molecule has 2 aliphatic rings. The summed E-state index contributed by atoms with van der Waals surface area (Å²) in [7, 11) is -0.495. The Kier molecular flexibility index (Phi) is 6.68. The number of aryl methyl sites for hydroxylation is 1. The Hall–Kier alpha value is -3.43. The third-order valence-corrected chi connectivity index (χ3v) is 9.08. The second kappa shape index (κ2) is 9.79. The van der Waals surface area contributed by atoms with Gasteiger partial charge in [-0.05, 0) is 73.8 Å². The van der Waals surface area contributed by atoms with Gasteiger partial charge in [0.2, 0.25) is 15.9 Å². The SMILES string of the molecule is CNS(=O)(=O)c1ccc(CNC(=O)N2CC3(CCCC3)c3cc(-c4ccc(OC)nc4C)ccc32)cc1. The maximum absolute atomic E-state index is 13.4. The molecule has 1 aliphatic heterocycles. The molecule has 5 rings (SSSR count). The van der Waals surface area contributed by atoms with Crippen molar-refractivity contribution in [1.29, 1.82) is 0 Å². The molecule has 3 aromatic rings. The smallest absolute Gasteiger partial charge is 0.322 e. The molecule has 1 saturated carbocycles. The van der Waals surface area contributed by atoms with Crippen LogP contribution in [0.15, 0.2) is 59.5 Å². The molecule has 2 heterocycles. The number of amides is 2. The molecule has 2 N–H and O–H groups in total. The number of ether oxygens (including phenoxy) is 1. The average molecular weight is 521 g/mol. The molecule has 0 atom stereocenters. The van der Waals surface area contributed by atoms with Crippen LogP contribution >= 0.6 is 0 Å². The van der Waals surface area contributed by atoms with E-state index >= 15 is 0 Å². The summed E-state index contributed by atoms with van der Waals surface area (Å²) in [5.74, 6) is 0.593. The van der Waals surface area contributed by atoms with E-state index in [0.717, 1.165) is 53.8 Å². The summed E-state index contributed by atoms with van der Waals surface area (Å²) in [4.78, 5) is 20.0. The number of carbonyl (C=O) groups is 1. The number of anilines is 1. The van der Waals surface area contributed by atoms with E-state index in [2.05, 4.69) is 33.2 Å². The first-order valence-electron chi connectivity index (χ1n) is 12.5. The number of aromatic nitrogens is 1. The Labute approximate surface area is 218 Å². The van der Waals surface area contributed by atoms with Crippen LogP contribution in [0.2, 0.25) is 0 Å². The number of methoxy groups -OCH3 is 1. The van der Waals surface area contributed by atoms with Crippen LogP contribution in [0.1, 0.15) is 42.5 Å². The van der Waals surface area contributed by atoms with Crippen molar-refractivity contribution in [1.82, 2.24) is 15.0 Å². The van der Waals surface area contributed by atoms with Crippen molar-refractivity contribution in [2.75, 3.05) is 25.6 Å². The molecule has 8 nitrogen and oxygen atoms in total. The Balaban J connectivity index is 1.38. The van der Waals surface area contributed by atoms with Crippen LogP contribution < -0.4 is 19.7 Å². The molecule has 1 fully saturated rings. The number of hydrogen-bond acceptors (Lipinski definition) is 5. The first-order chi connectivity index (χ1) is 17.8. The number of fused-ring (bicyclic) bond motifs is 2. The minimum absolute atomic E-state index is 0.0281. The number of rotatable bonds is 6. The summed E-state index contributed by atoms with van der Waals surface area (Å²) in [5, 5.41) is 3.03. The van der Waals surface area contributed by atoms with Crippen LogP contribution in [0.5, 0.6) is 5.88 Å². The maximum atomic E-state index is 13.4. The molecule has 1 spiro atoms. The Morgan fingerprint density at radius 2 is 1.81 bits per heavy atom. The summed E-state index contributed by atoms with van der Waals surface area (Å²) in [6.45, 7) is 2.96. The van der Waals surface area contributed by atoms with Crippen molar-refractivity contribution >= 4 is 21.7 Å². The first kappa shape index (κ1) is 25.2. The van der Waals surface area contributed by atoms with E-state index < -0.39 is 10.0 Å². The summed E-state index contributed by atoms with van der Waals surface area (Å²) in [5.41, 5.74) is 6.05. The highest BCUT2D eigenvalue weighted by Crippen LogP contribution is 2.51. The number of benzene rings is 2. The Morgan fingerprint density at radius 3 is 2.46 bits per heavy atom. The van der Waals surface area contributed by atoms with Crippen LogP contribution in [-0.2, 0) is 22.0 Å². The summed E-state index contributed by atoms with van der Waals surface area (Å²) in [6, 6.07) is 16.7. The number of nitrogens with one attached hydrogen (secondary N) is 2. The lowest BCUT2D eigenvalue weighted by atomic mass is 9.80. The molecule has 0 bridgehead atoms. The van der Waals surface area contributed by atoms with E-state index in [-0.39, 0.29) is 16.3 Å². The number of nitrogens with zero attached hydrogens (tertiary/aromatic N) is 2. The van der Waals surface area contributed by atoms with E-state index in [0.29, 0.717) is 19.0 Å². The van der Waals surface area contributed by atoms with Crippen molar-refractivity contribution in [2.45, 2.75) is 49.5 Å². The number of sulfonamides is 1. The van der Waals surface area contributed by atoms with Crippen molar-refractivity contribution in [3.05, 3.63) is 71.4 Å². The summed E-state index contributed by atoms with van der Waals surface area (Å²) < 4.78 is 31.5. The van der Waals surface area contributed by atoms with Crippen molar-refractivity contribution in [3.8, 4) is 17.0 Å². The van der Waals surface area contributed by atoms with E-state index in [4.69, 9.17) is 4.74 Å². The monoisotopic (exact) mass is 520 g/mol. The Morgan fingerprint density at radius 1 is 1.08 bits per heavy atom. The minimum atomic E-state index is -3.49. The third-order valence-electron chi connectivity index (χ3n) is 7.65. The minimum Gasteiger partial charge on any atom is -0.481 e. The van der Waals surface area contributed by atoms with E-state index in [1.807, 2.05) is 24.0 Å². The zero-order valence-electron chi connectivity index (χ0n) is 21.4. The van der Waals surface area contributed by atoms with Gasteiger partial charge in [0, 0.05) is 41.5 Å². The second-order valence-electron chi connectivity index (χ2n) is 9.80. The number of urea groups is 1. The predicted octanol–water partition coefficient (Wildman–Crippen LogP) is 4.52. The molecule has 194 valence electrons. The molecule has 37 heavy (non-hydrogen) atoms. The fourth-order valence-electron chi connectivity index (χ4n) is 5.63. The Bertz CT molecular complexity index is 1430. The van der Waals surface area contributed by atoms with E-state index in [1.54, 1.807) is 31.4 Å². The van der Waals surface area contributed by atoms with Crippen LogP contribution in [0.25, 0.3) is 11.1 Å². The first-order valence-corrected chi connectivity index (χ1v) is 14.0. The van der Waals surface area contributed by atoms with Gasteiger partial charge >= 0.3 is 6.03 Å². The van der Waals surface area contributed by atoms with Gasteiger partial charge in [-0.3, -0.25) is 4.90 Å². The van der Waals surface area contributed by atoms with Gasteiger partial charge in [-0.15, -0.1) is 0 Å². The lowest BCUT2D eigenvalue weighted by molar-refractivity contribution is 0.245. The van der Waals surface area contributed by atoms with Crippen LogP contribution in [0.3, 0.4) is 0 Å². The van der Waals surface area contributed by atoms with Gasteiger partial charge in [-0.1, -0.05) is 31.0 Å². The zero-order chi connectivity index (χ0) is 26.2. The number of hydrogen-bond donors (Lipinski definition) is 2. The average Bonchev–Trinajstić information content (AvgIpc) is 3.52. The number of carbonyl (C=O) groups excluding carboxylic acids is 1. The van der Waals surface area contributed by atoms with Crippen molar-refractivity contribution in [3.63, 3.8) is 0 Å². The van der Waals surface area contributed by atoms with Crippen LogP contribution in [-0.4, -0.2) is 40.1 Å². The van der Waals surface area contributed by atoms with Gasteiger partial charge in [0.25, 0.3) is 0 Å². The fraction of sp³-hybridized carbons (Fsp3) is 0.357. The summed E-state index contributed by atoms with van der Waals surface area (Å²) in [6.07, 6.45) is 4.44. The van der Waals surface area contributed by atoms with Gasteiger partial charge in [-0.2, -0.15) is 0 Å². The molecular formula is C28H32N4O4S. The van der Waals surface area contributed by atoms with Gasteiger partial charge in [0.05, 0.1) is 12.0 Å². The normalized spacial score (nSPS) is 16.1. The molecule has 0 saturated heterocycles. The van der Waals surface area contributed by atoms with Crippen molar-refractivity contribution in [2.24, 2.45) is 0 Å². The molecular weight excluding hydrogens is 488 g/mol. The van der Waals surface area contributed by atoms with E-state index in [1.165, 1.54) is 12.6 Å². The standard InChI is InChI=1S/C28H32N4O4S/c1-19-23(11-13-26(31-19)36-3)21-8-12-25-24(16-21)28(14-4-5-15-28)18-32(25)27(33)30-17-20-6-9-22(10-7-20)37(34,35)29-2/h6-13,16,29H,4-5,14-15,17-18H2,1-3H3,(H,30,33). The fourth-order valence-corrected chi connectivity index (χ4v) is 6.36. The number of pyridine rings is 1. The lowest BCUT2D eigenvalue weighted by Crippen LogP contribution is -2.41. The van der Waals surface area contributed by atoms with Crippen LogP contribution in [0, 0.1) is 6.92 Å². The summed E-state index contributed by atoms with van der Waals surface area (Å²) >= 11 is 0. The zero-order valence-corrected chi connectivity index (χ0v) is 22.2. The molecule has 2 amide bonds. The molecule has 0 radical (unpaired) electrons. The van der Waals surface area contributed by atoms with Crippen LogP contribution in [0.4, 0.5) is 10.5 Å². The predicted molar refractivity (Wildman–Crippen MR) is 143 cm³/mol. The van der Waals surface area contributed by atoms with Gasteiger partial charge in [0.1, 0.15) is 0 Å². The van der Waals surface area contributed by atoms with E-state index in [9.17, 15) is 13.2 Å². The van der Waals surface area contributed by atoms with Gasteiger partial charge in [-0.25, -0.2) is 22.9 Å². The quantitative estimate of drug-likeness (QED) is 0.498. The molecule has 2 aromatic carbocycles. The molecule has 1 aliphatic carbocycles. The lowest BCUT2D eigenvalue weighted by Gasteiger charge is -2.25. The van der Waals surface area contributed by atoms with Gasteiger partial charge in [0.15, 0.2) is 0 Å². The van der Waals surface area contributed by atoms with Crippen molar-refractivity contribution < 1.29 is 17.9 Å². The highest BCUT2D eigenvalue weighted by Gasteiger charge is 2.46. The maximum Gasteiger partial charge on any atom is 0.322 e. The topological polar surface area (TPSA) is 101 Å². The third kappa shape index (κ3) is 4.69. The molecule has 0 unspecified atom stereocenters. The molecule has 1 aromatic heterocycles.